The summed E-state index contributed by atoms with van der Waals surface area (Å²) in [5.41, 5.74) is 3.39. The zero-order chi connectivity index (χ0) is 17.6. The van der Waals surface area contributed by atoms with Crippen LogP contribution in [0.5, 0.6) is 0 Å². The predicted molar refractivity (Wildman–Crippen MR) is 100 cm³/mol. The van der Waals surface area contributed by atoms with Crippen LogP contribution in [0.4, 0.5) is 5.69 Å². The summed E-state index contributed by atoms with van der Waals surface area (Å²) in [6.07, 6.45) is 1.67. The van der Waals surface area contributed by atoms with Crippen molar-refractivity contribution in [2.45, 2.75) is 6.92 Å². The second-order valence-corrected chi connectivity index (χ2v) is 6.20. The maximum absolute atomic E-state index is 12.7. The number of rotatable bonds is 3. The van der Waals surface area contributed by atoms with Gasteiger partial charge in [0, 0.05) is 31.9 Å². The Morgan fingerprint density at radius 2 is 1.64 bits per heavy atom. The molecule has 1 heterocycles. The first-order valence-corrected chi connectivity index (χ1v) is 8.45. The number of nitrogens with zero attached hydrogens (tertiary/aromatic N) is 3. The van der Waals surface area contributed by atoms with Crippen molar-refractivity contribution in [2.75, 3.05) is 31.1 Å². The quantitative estimate of drug-likeness (QED) is 0.641. The molecule has 25 heavy (non-hydrogen) atoms. The molecule has 4 heteroatoms. The molecule has 0 N–H and O–H groups in total. The molecule has 0 aromatic heterocycles. The molecule has 4 nitrogen and oxygen atoms in total. The molecule has 2 aromatic carbocycles. The SMILES string of the molecule is Cc1ccc(/C=C(/C#N)C(=O)N2CCN(c3ccccc3)CC2)cc1. The lowest BCUT2D eigenvalue weighted by molar-refractivity contribution is -0.126. The Bertz CT molecular complexity index is 795. The third-order valence-electron chi connectivity index (χ3n) is 4.43. The van der Waals surface area contributed by atoms with Gasteiger partial charge in [-0.15, -0.1) is 0 Å². The van der Waals surface area contributed by atoms with Gasteiger partial charge in [0.25, 0.3) is 5.91 Å². The Labute approximate surface area is 148 Å². The summed E-state index contributed by atoms with van der Waals surface area (Å²) >= 11 is 0. The molecular weight excluding hydrogens is 310 g/mol. The van der Waals surface area contributed by atoms with Gasteiger partial charge in [0.1, 0.15) is 11.6 Å². The maximum atomic E-state index is 12.7. The first-order valence-electron chi connectivity index (χ1n) is 8.45. The Kier molecular flexibility index (Phi) is 5.15. The third-order valence-corrected chi connectivity index (χ3v) is 4.43. The fourth-order valence-electron chi connectivity index (χ4n) is 2.95. The zero-order valence-electron chi connectivity index (χ0n) is 14.4. The van der Waals surface area contributed by atoms with Crippen LogP contribution in [0.2, 0.25) is 0 Å². The van der Waals surface area contributed by atoms with Crippen LogP contribution >= 0.6 is 0 Å². The van der Waals surface area contributed by atoms with Crippen molar-refractivity contribution in [1.29, 1.82) is 5.26 Å². The van der Waals surface area contributed by atoms with E-state index in [9.17, 15) is 10.1 Å². The lowest BCUT2D eigenvalue weighted by atomic mass is 10.1. The fraction of sp³-hybridized carbons (Fsp3) is 0.238. The molecule has 2 aromatic rings. The van der Waals surface area contributed by atoms with Crippen molar-refractivity contribution in [2.24, 2.45) is 0 Å². The molecule has 0 aliphatic carbocycles. The summed E-state index contributed by atoms with van der Waals surface area (Å²) in [5.74, 6) is -0.184. The molecule has 0 bridgehead atoms. The Morgan fingerprint density at radius 1 is 1.00 bits per heavy atom. The van der Waals surface area contributed by atoms with Gasteiger partial charge in [-0.05, 0) is 30.7 Å². The smallest absolute Gasteiger partial charge is 0.264 e. The molecular formula is C21H21N3O. The van der Waals surface area contributed by atoms with Crippen molar-refractivity contribution in [3.05, 3.63) is 71.3 Å². The standard InChI is InChI=1S/C21H21N3O/c1-17-7-9-18(10-8-17)15-19(16-22)21(25)24-13-11-23(12-14-24)20-5-3-2-4-6-20/h2-10,15H,11-14H2,1H3/b19-15-. The molecule has 1 aliphatic rings. The molecule has 1 aliphatic heterocycles. The monoisotopic (exact) mass is 331 g/mol. The summed E-state index contributed by atoms with van der Waals surface area (Å²) in [4.78, 5) is 16.7. The summed E-state index contributed by atoms with van der Waals surface area (Å²) in [6, 6.07) is 20.1. The highest BCUT2D eigenvalue weighted by Gasteiger charge is 2.23. The number of hydrogen-bond donors (Lipinski definition) is 0. The van der Waals surface area contributed by atoms with E-state index in [2.05, 4.69) is 23.1 Å². The molecule has 1 amide bonds. The highest BCUT2D eigenvalue weighted by atomic mass is 16.2. The number of carbonyl (C=O) groups excluding carboxylic acids is 1. The van der Waals surface area contributed by atoms with Gasteiger partial charge in [0.05, 0.1) is 0 Å². The number of carbonyl (C=O) groups is 1. The molecule has 3 rings (SSSR count). The fourth-order valence-corrected chi connectivity index (χ4v) is 2.95. The average Bonchev–Trinajstić information content (AvgIpc) is 2.68. The number of hydrogen-bond acceptors (Lipinski definition) is 3. The van der Waals surface area contributed by atoms with Crippen LogP contribution in [0.15, 0.2) is 60.2 Å². The molecule has 0 atom stereocenters. The number of para-hydroxylation sites is 1. The number of amides is 1. The van der Waals surface area contributed by atoms with Crippen LogP contribution in [0.3, 0.4) is 0 Å². The highest BCUT2D eigenvalue weighted by molar-refractivity contribution is 6.01. The van der Waals surface area contributed by atoms with Crippen LogP contribution in [-0.2, 0) is 4.79 Å². The van der Waals surface area contributed by atoms with Gasteiger partial charge in [0.2, 0.25) is 0 Å². The minimum atomic E-state index is -0.184. The number of anilines is 1. The predicted octanol–water partition coefficient (Wildman–Crippen LogP) is 3.25. The summed E-state index contributed by atoms with van der Waals surface area (Å²) in [5, 5.41) is 9.40. The van der Waals surface area contributed by atoms with Crippen molar-refractivity contribution in [3.63, 3.8) is 0 Å². The number of piperazine rings is 1. The minimum Gasteiger partial charge on any atom is -0.368 e. The molecule has 126 valence electrons. The van der Waals surface area contributed by atoms with E-state index < -0.39 is 0 Å². The lowest BCUT2D eigenvalue weighted by Gasteiger charge is -2.36. The second kappa shape index (κ2) is 7.67. The zero-order valence-corrected chi connectivity index (χ0v) is 14.4. The van der Waals surface area contributed by atoms with E-state index in [0.717, 1.165) is 24.2 Å². The molecule has 0 spiro atoms. The van der Waals surface area contributed by atoms with Crippen LogP contribution < -0.4 is 4.90 Å². The van der Waals surface area contributed by atoms with E-state index in [1.807, 2.05) is 49.4 Å². The molecule has 0 unspecified atom stereocenters. The van der Waals surface area contributed by atoms with Crippen LogP contribution in [-0.4, -0.2) is 37.0 Å². The Balaban J connectivity index is 1.66. The van der Waals surface area contributed by atoms with E-state index in [1.54, 1.807) is 11.0 Å². The van der Waals surface area contributed by atoms with Gasteiger partial charge in [-0.25, -0.2) is 0 Å². The van der Waals surface area contributed by atoms with E-state index in [4.69, 9.17) is 0 Å². The van der Waals surface area contributed by atoms with Gasteiger partial charge in [-0.1, -0.05) is 48.0 Å². The first kappa shape index (κ1) is 16.8. The first-order chi connectivity index (χ1) is 12.2. The number of aryl methyl sites for hydroxylation is 1. The second-order valence-electron chi connectivity index (χ2n) is 6.20. The van der Waals surface area contributed by atoms with Gasteiger partial charge >= 0.3 is 0 Å². The molecule has 0 radical (unpaired) electrons. The van der Waals surface area contributed by atoms with E-state index in [0.29, 0.717) is 13.1 Å². The topological polar surface area (TPSA) is 47.3 Å². The largest absolute Gasteiger partial charge is 0.368 e. The van der Waals surface area contributed by atoms with E-state index in [1.165, 1.54) is 5.69 Å². The average molecular weight is 331 g/mol. The highest BCUT2D eigenvalue weighted by Crippen LogP contribution is 2.17. The minimum absolute atomic E-state index is 0.184. The third kappa shape index (κ3) is 4.07. The number of benzene rings is 2. The Hall–Kier alpha value is -3.06. The summed E-state index contributed by atoms with van der Waals surface area (Å²) in [6.45, 7) is 4.81. The van der Waals surface area contributed by atoms with E-state index >= 15 is 0 Å². The van der Waals surface area contributed by atoms with E-state index in [-0.39, 0.29) is 11.5 Å². The molecule has 0 saturated carbocycles. The van der Waals surface area contributed by atoms with Crippen LogP contribution in [0.1, 0.15) is 11.1 Å². The van der Waals surface area contributed by atoms with Gasteiger partial charge < -0.3 is 9.80 Å². The van der Waals surface area contributed by atoms with Crippen molar-refractivity contribution >= 4 is 17.7 Å². The maximum Gasteiger partial charge on any atom is 0.264 e. The summed E-state index contributed by atoms with van der Waals surface area (Å²) in [7, 11) is 0. The van der Waals surface area contributed by atoms with Crippen molar-refractivity contribution in [3.8, 4) is 6.07 Å². The van der Waals surface area contributed by atoms with Crippen LogP contribution in [0.25, 0.3) is 6.08 Å². The van der Waals surface area contributed by atoms with Crippen molar-refractivity contribution in [1.82, 2.24) is 4.90 Å². The van der Waals surface area contributed by atoms with Crippen LogP contribution in [0, 0.1) is 18.3 Å². The van der Waals surface area contributed by atoms with Gasteiger partial charge in [-0.3, -0.25) is 4.79 Å². The van der Waals surface area contributed by atoms with Gasteiger partial charge in [0.15, 0.2) is 0 Å². The number of nitriles is 1. The summed E-state index contributed by atoms with van der Waals surface area (Å²) < 4.78 is 0. The normalized spacial score (nSPS) is 15.0. The lowest BCUT2D eigenvalue weighted by Crippen LogP contribution is -2.49. The Morgan fingerprint density at radius 3 is 2.24 bits per heavy atom. The molecule has 1 saturated heterocycles. The van der Waals surface area contributed by atoms with Crippen molar-refractivity contribution < 1.29 is 4.79 Å². The molecule has 1 fully saturated rings. The van der Waals surface area contributed by atoms with Gasteiger partial charge in [-0.2, -0.15) is 5.26 Å².